The third-order valence-corrected chi connectivity index (χ3v) is 6.00. The van der Waals surface area contributed by atoms with Gasteiger partial charge in [0.1, 0.15) is 11.5 Å². The van der Waals surface area contributed by atoms with Gasteiger partial charge in [-0.05, 0) is 42.5 Å². The number of hydrogen-bond donors (Lipinski definition) is 2. The number of carbonyl (C=O) groups is 3. The lowest BCUT2D eigenvalue weighted by atomic mass is 9.99. The van der Waals surface area contributed by atoms with E-state index in [2.05, 4.69) is 10.6 Å². The zero-order chi connectivity index (χ0) is 24.1. The zero-order valence-electron chi connectivity index (χ0n) is 19.5. The summed E-state index contributed by atoms with van der Waals surface area (Å²) in [5.74, 6) is 2.19. The summed E-state index contributed by atoms with van der Waals surface area (Å²) in [5, 5.41) is 5.71. The molecule has 180 valence electrons. The molecule has 2 aromatic rings. The molecule has 0 saturated carbocycles. The molecule has 1 aromatic heterocycles. The van der Waals surface area contributed by atoms with Gasteiger partial charge < -0.3 is 19.8 Å². The number of nitrogens with one attached hydrogen (secondary N) is 2. The fourth-order valence-electron chi connectivity index (χ4n) is 3.09. The van der Waals surface area contributed by atoms with Crippen molar-refractivity contribution in [3.8, 4) is 5.75 Å². The molecule has 0 bridgehead atoms. The van der Waals surface area contributed by atoms with Crippen molar-refractivity contribution in [3.63, 3.8) is 0 Å². The number of hydrogen-bond acceptors (Lipinski definition) is 6. The van der Waals surface area contributed by atoms with E-state index in [-0.39, 0.29) is 36.0 Å². The van der Waals surface area contributed by atoms with Crippen LogP contribution < -0.4 is 15.4 Å². The minimum atomic E-state index is -0.508. The summed E-state index contributed by atoms with van der Waals surface area (Å²) in [6.45, 7) is 6.24. The minimum Gasteiger partial charge on any atom is -0.484 e. The highest BCUT2D eigenvalue weighted by atomic mass is 32.2. The number of furan rings is 1. The Kier molecular flexibility index (Phi) is 11.6. The SMILES string of the molecule is CC(C)[C@H](NC(=O)CC[C@H](C)CNC(=O)COc1ccccc1)C(=O)CSCc1ccco1. The van der Waals surface area contributed by atoms with Crippen LogP contribution in [-0.2, 0) is 20.1 Å². The van der Waals surface area contributed by atoms with E-state index in [0.717, 1.165) is 5.76 Å². The lowest BCUT2D eigenvalue weighted by Crippen LogP contribution is -2.45. The summed E-state index contributed by atoms with van der Waals surface area (Å²) in [6, 6.07) is 12.3. The Labute approximate surface area is 200 Å². The second-order valence-electron chi connectivity index (χ2n) is 8.38. The van der Waals surface area contributed by atoms with Gasteiger partial charge in [-0.25, -0.2) is 0 Å². The Morgan fingerprint density at radius 2 is 1.79 bits per heavy atom. The zero-order valence-corrected chi connectivity index (χ0v) is 20.4. The molecule has 0 radical (unpaired) electrons. The highest BCUT2D eigenvalue weighted by molar-refractivity contribution is 7.99. The Morgan fingerprint density at radius 1 is 1.03 bits per heavy atom. The first kappa shape index (κ1) is 26.5. The maximum Gasteiger partial charge on any atom is 0.257 e. The van der Waals surface area contributed by atoms with Crippen LogP contribution in [-0.4, -0.2) is 42.5 Å². The predicted octanol–water partition coefficient (Wildman–Crippen LogP) is 3.83. The van der Waals surface area contributed by atoms with Crippen LogP contribution in [0.25, 0.3) is 0 Å². The van der Waals surface area contributed by atoms with Gasteiger partial charge in [0.15, 0.2) is 12.4 Å². The normalized spacial score (nSPS) is 12.7. The van der Waals surface area contributed by atoms with Gasteiger partial charge in [0, 0.05) is 13.0 Å². The van der Waals surface area contributed by atoms with Gasteiger partial charge in [-0.2, -0.15) is 0 Å². The van der Waals surface area contributed by atoms with Gasteiger partial charge in [-0.3, -0.25) is 14.4 Å². The minimum absolute atomic E-state index is 0.00647. The molecule has 33 heavy (non-hydrogen) atoms. The summed E-state index contributed by atoms with van der Waals surface area (Å²) >= 11 is 1.48. The number of benzene rings is 1. The first-order valence-electron chi connectivity index (χ1n) is 11.2. The second kappa shape index (κ2) is 14.4. The topological polar surface area (TPSA) is 97.6 Å². The summed E-state index contributed by atoms with van der Waals surface area (Å²) in [5.41, 5.74) is 0. The van der Waals surface area contributed by atoms with E-state index in [9.17, 15) is 14.4 Å². The van der Waals surface area contributed by atoms with Gasteiger partial charge >= 0.3 is 0 Å². The molecule has 7 nitrogen and oxygen atoms in total. The van der Waals surface area contributed by atoms with Crippen LogP contribution in [0.2, 0.25) is 0 Å². The third-order valence-electron chi connectivity index (χ3n) is 5.02. The molecule has 2 rings (SSSR count). The van der Waals surface area contributed by atoms with E-state index in [0.29, 0.717) is 36.6 Å². The van der Waals surface area contributed by atoms with Gasteiger partial charge in [-0.1, -0.05) is 39.0 Å². The van der Waals surface area contributed by atoms with Crippen molar-refractivity contribution in [2.24, 2.45) is 11.8 Å². The van der Waals surface area contributed by atoms with Crippen molar-refractivity contribution in [2.75, 3.05) is 18.9 Å². The number of Topliss-reactive ketones (excluding diaryl/α,β-unsaturated/α-hetero) is 1. The molecule has 1 heterocycles. The fraction of sp³-hybridized carbons (Fsp3) is 0.480. The maximum atomic E-state index is 12.6. The molecule has 0 saturated heterocycles. The summed E-state index contributed by atoms with van der Waals surface area (Å²) in [4.78, 5) is 37.0. The molecular weight excluding hydrogens is 440 g/mol. The Morgan fingerprint density at radius 3 is 2.45 bits per heavy atom. The molecule has 0 aliphatic rings. The largest absolute Gasteiger partial charge is 0.484 e. The van der Waals surface area contributed by atoms with Crippen molar-refractivity contribution in [3.05, 3.63) is 54.5 Å². The van der Waals surface area contributed by atoms with E-state index in [1.807, 2.05) is 51.1 Å². The molecule has 2 N–H and O–H groups in total. The summed E-state index contributed by atoms with van der Waals surface area (Å²) in [7, 11) is 0. The van der Waals surface area contributed by atoms with Crippen LogP contribution >= 0.6 is 11.8 Å². The number of amides is 2. The number of rotatable bonds is 15. The monoisotopic (exact) mass is 474 g/mol. The van der Waals surface area contributed by atoms with Crippen molar-refractivity contribution >= 4 is 29.4 Å². The van der Waals surface area contributed by atoms with E-state index in [1.165, 1.54) is 11.8 Å². The molecule has 0 fully saturated rings. The van der Waals surface area contributed by atoms with Crippen LogP contribution in [0.5, 0.6) is 5.75 Å². The van der Waals surface area contributed by atoms with Crippen molar-refractivity contribution in [1.82, 2.24) is 10.6 Å². The number of thioether (sulfide) groups is 1. The Bertz CT molecular complexity index is 855. The summed E-state index contributed by atoms with van der Waals surface area (Å²) < 4.78 is 10.7. The van der Waals surface area contributed by atoms with Crippen LogP contribution in [0.3, 0.4) is 0 Å². The number of ether oxygens (including phenoxy) is 1. The molecule has 8 heteroatoms. The first-order valence-corrected chi connectivity index (χ1v) is 12.4. The number of ketones is 1. The Balaban J connectivity index is 1.64. The average Bonchev–Trinajstić information content (AvgIpc) is 3.32. The van der Waals surface area contributed by atoms with Crippen molar-refractivity contribution in [1.29, 1.82) is 0 Å². The van der Waals surface area contributed by atoms with Crippen molar-refractivity contribution < 1.29 is 23.5 Å². The van der Waals surface area contributed by atoms with Crippen LogP contribution in [0.15, 0.2) is 53.1 Å². The van der Waals surface area contributed by atoms with Gasteiger partial charge in [0.05, 0.1) is 23.8 Å². The molecular formula is C25H34N2O5S. The highest BCUT2D eigenvalue weighted by Gasteiger charge is 2.24. The molecule has 0 unspecified atom stereocenters. The second-order valence-corrected chi connectivity index (χ2v) is 9.36. The number of carbonyl (C=O) groups excluding carboxylic acids is 3. The van der Waals surface area contributed by atoms with Crippen LogP contribution in [0, 0.1) is 11.8 Å². The lowest BCUT2D eigenvalue weighted by Gasteiger charge is -2.21. The molecule has 0 aliphatic heterocycles. The summed E-state index contributed by atoms with van der Waals surface area (Å²) in [6.07, 6.45) is 2.52. The quantitative estimate of drug-likeness (QED) is 0.407. The highest BCUT2D eigenvalue weighted by Crippen LogP contribution is 2.15. The van der Waals surface area contributed by atoms with Crippen LogP contribution in [0.1, 0.15) is 39.4 Å². The average molecular weight is 475 g/mol. The first-order chi connectivity index (χ1) is 15.8. The van der Waals surface area contributed by atoms with Crippen LogP contribution in [0.4, 0.5) is 0 Å². The van der Waals surface area contributed by atoms with Gasteiger partial charge in [0.2, 0.25) is 5.91 Å². The third kappa shape index (κ3) is 10.6. The predicted molar refractivity (Wildman–Crippen MR) is 130 cm³/mol. The molecule has 2 amide bonds. The van der Waals surface area contributed by atoms with Gasteiger partial charge in [-0.15, -0.1) is 11.8 Å². The fourth-order valence-corrected chi connectivity index (χ4v) is 3.93. The lowest BCUT2D eigenvalue weighted by molar-refractivity contribution is -0.127. The molecule has 0 spiro atoms. The van der Waals surface area contributed by atoms with E-state index in [4.69, 9.17) is 9.15 Å². The molecule has 2 atom stereocenters. The van der Waals surface area contributed by atoms with E-state index < -0.39 is 6.04 Å². The van der Waals surface area contributed by atoms with E-state index >= 15 is 0 Å². The van der Waals surface area contributed by atoms with E-state index in [1.54, 1.807) is 18.4 Å². The smallest absolute Gasteiger partial charge is 0.257 e. The van der Waals surface area contributed by atoms with Crippen molar-refractivity contribution in [2.45, 2.75) is 45.4 Å². The van der Waals surface area contributed by atoms with Gasteiger partial charge in [0.25, 0.3) is 5.91 Å². The standard InChI is InChI=1S/C25H34N2O5S/c1-18(2)25(22(28)17-33-16-21-10-7-13-31-21)27-23(29)12-11-19(3)14-26-24(30)15-32-20-8-5-4-6-9-20/h4-10,13,18-19,25H,11-12,14-17H2,1-3H3,(H,26,30)(H,27,29)/t19-,25-/m0/s1. The molecule has 1 aromatic carbocycles. The molecule has 0 aliphatic carbocycles. The Hall–Kier alpha value is -2.74. The maximum absolute atomic E-state index is 12.6. The number of para-hydroxylation sites is 1.